The number of amides is 1. The highest BCUT2D eigenvalue weighted by molar-refractivity contribution is 6.30. The Bertz CT molecular complexity index is 599. The van der Waals surface area contributed by atoms with Crippen LogP contribution in [0.15, 0.2) is 48.5 Å². The summed E-state index contributed by atoms with van der Waals surface area (Å²) in [4.78, 5) is 11.8. The van der Waals surface area contributed by atoms with E-state index in [1.54, 1.807) is 48.5 Å². The summed E-state index contributed by atoms with van der Waals surface area (Å²) < 4.78 is 5.46. The Morgan fingerprint density at radius 2 is 1.95 bits per heavy atom. The molecule has 2 aromatic carbocycles. The van der Waals surface area contributed by atoms with Crippen molar-refractivity contribution in [1.82, 2.24) is 5.32 Å². The van der Waals surface area contributed by atoms with Gasteiger partial charge in [-0.2, -0.15) is 0 Å². The number of phenolic OH excluding ortho intramolecular Hbond substituents is 1. The zero-order valence-electron chi connectivity index (χ0n) is 11.4. The molecule has 2 N–H and O–H groups in total. The molecule has 110 valence electrons. The lowest BCUT2D eigenvalue weighted by atomic mass is 10.2. The van der Waals surface area contributed by atoms with E-state index >= 15 is 0 Å². The minimum atomic E-state index is -0.135. The Kier molecular flexibility index (Phi) is 5.46. The van der Waals surface area contributed by atoms with Gasteiger partial charge in [0.15, 0.2) is 0 Å². The molecule has 2 rings (SSSR count). The number of hydrogen-bond donors (Lipinski definition) is 2. The van der Waals surface area contributed by atoms with Gasteiger partial charge in [-0.25, -0.2) is 0 Å². The van der Waals surface area contributed by atoms with Gasteiger partial charge in [0.25, 0.3) is 5.91 Å². The van der Waals surface area contributed by atoms with Crippen LogP contribution in [-0.2, 0) is 0 Å². The van der Waals surface area contributed by atoms with E-state index in [4.69, 9.17) is 16.3 Å². The van der Waals surface area contributed by atoms with Crippen molar-refractivity contribution in [3.05, 3.63) is 59.1 Å². The number of rotatable bonds is 6. The van der Waals surface area contributed by atoms with Crippen LogP contribution in [0.3, 0.4) is 0 Å². The quantitative estimate of drug-likeness (QED) is 0.806. The third kappa shape index (κ3) is 5.00. The van der Waals surface area contributed by atoms with E-state index in [1.165, 1.54) is 0 Å². The fourth-order valence-electron chi connectivity index (χ4n) is 1.74. The van der Waals surface area contributed by atoms with Crippen LogP contribution < -0.4 is 10.1 Å². The van der Waals surface area contributed by atoms with Gasteiger partial charge in [-0.05, 0) is 42.8 Å². The van der Waals surface area contributed by atoms with Crippen LogP contribution in [0.1, 0.15) is 16.8 Å². The van der Waals surface area contributed by atoms with Crippen LogP contribution in [0.25, 0.3) is 0 Å². The normalized spacial score (nSPS) is 10.1. The molecule has 0 atom stereocenters. The molecule has 0 spiro atoms. The first kappa shape index (κ1) is 15.2. The first-order valence-electron chi connectivity index (χ1n) is 6.61. The maximum absolute atomic E-state index is 11.8. The molecule has 0 aliphatic rings. The number of phenols is 1. The van der Waals surface area contributed by atoms with Crippen molar-refractivity contribution in [2.75, 3.05) is 13.2 Å². The largest absolute Gasteiger partial charge is 0.508 e. The van der Waals surface area contributed by atoms with E-state index in [-0.39, 0.29) is 11.7 Å². The number of nitrogens with one attached hydrogen (secondary N) is 1. The van der Waals surface area contributed by atoms with E-state index < -0.39 is 0 Å². The zero-order chi connectivity index (χ0) is 15.1. The fraction of sp³-hybridized carbons (Fsp3) is 0.188. The SMILES string of the molecule is O=C(NCCCOc1cccc(O)c1)c1ccc(Cl)cc1. The predicted molar refractivity (Wildman–Crippen MR) is 82.0 cm³/mol. The second-order valence-corrected chi connectivity index (χ2v) is 4.90. The highest BCUT2D eigenvalue weighted by Gasteiger charge is 2.04. The molecule has 0 bridgehead atoms. The van der Waals surface area contributed by atoms with Gasteiger partial charge in [0.05, 0.1) is 6.61 Å². The Balaban J connectivity index is 1.68. The smallest absolute Gasteiger partial charge is 0.251 e. The maximum atomic E-state index is 11.8. The van der Waals surface area contributed by atoms with E-state index in [1.807, 2.05) is 0 Å². The van der Waals surface area contributed by atoms with E-state index in [2.05, 4.69) is 5.32 Å². The minimum Gasteiger partial charge on any atom is -0.508 e. The van der Waals surface area contributed by atoms with Gasteiger partial charge in [-0.3, -0.25) is 4.79 Å². The summed E-state index contributed by atoms with van der Waals surface area (Å²) in [6, 6.07) is 13.3. The molecule has 21 heavy (non-hydrogen) atoms. The third-order valence-electron chi connectivity index (χ3n) is 2.80. The number of carbonyl (C=O) groups excluding carboxylic acids is 1. The zero-order valence-corrected chi connectivity index (χ0v) is 12.1. The molecule has 0 aliphatic carbocycles. The minimum absolute atomic E-state index is 0.135. The predicted octanol–water partition coefficient (Wildman–Crippen LogP) is 3.24. The van der Waals surface area contributed by atoms with Crippen LogP contribution in [0.5, 0.6) is 11.5 Å². The van der Waals surface area contributed by atoms with Gasteiger partial charge in [0.2, 0.25) is 0 Å². The molecule has 2 aromatic rings. The van der Waals surface area contributed by atoms with Crippen molar-refractivity contribution in [2.45, 2.75) is 6.42 Å². The van der Waals surface area contributed by atoms with Crippen molar-refractivity contribution in [2.24, 2.45) is 0 Å². The molecule has 0 saturated carbocycles. The van der Waals surface area contributed by atoms with Crippen LogP contribution in [-0.4, -0.2) is 24.2 Å². The van der Waals surface area contributed by atoms with E-state index in [9.17, 15) is 9.90 Å². The molecule has 4 nitrogen and oxygen atoms in total. The van der Waals surface area contributed by atoms with Crippen molar-refractivity contribution in [3.63, 3.8) is 0 Å². The summed E-state index contributed by atoms with van der Waals surface area (Å²) in [5.41, 5.74) is 0.577. The van der Waals surface area contributed by atoms with E-state index in [0.29, 0.717) is 35.9 Å². The molecule has 0 aliphatic heterocycles. The number of hydrogen-bond acceptors (Lipinski definition) is 3. The molecule has 0 fully saturated rings. The molecule has 0 radical (unpaired) electrons. The van der Waals surface area contributed by atoms with Gasteiger partial charge in [0.1, 0.15) is 11.5 Å². The summed E-state index contributed by atoms with van der Waals surface area (Å²) in [5.74, 6) is 0.645. The number of carbonyl (C=O) groups is 1. The number of ether oxygens (including phenoxy) is 1. The van der Waals surface area contributed by atoms with Crippen LogP contribution >= 0.6 is 11.6 Å². The van der Waals surface area contributed by atoms with Crippen LogP contribution in [0.4, 0.5) is 0 Å². The van der Waals surface area contributed by atoms with Crippen molar-refractivity contribution >= 4 is 17.5 Å². The van der Waals surface area contributed by atoms with Gasteiger partial charge in [0, 0.05) is 23.2 Å². The topological polar surface area (TPSA) is 58.6 Å². The summed E-state index contributed by atoms with van der Waals surface area (Å²) >= 11 is 5.77. The second kappa shape index (κ2) is 7.55. The molecule has 1 amide bonds. The maximum Gasteiger partial charge on any atom is 0.251 e. The monoisotopic (exact) mass is 305 g/mol. The molecule has 5 heteroatoms. The lowest BCUT2D eigenvalue weighted by Crippen LogP contribution is -2.25. The summed E-state index contributed by atoms with van der Waals surface area (Å²) in [7, 11) is 0. The molecular formula is C16H16ClNO3. The lowest BCUT2D eigenvalue weighted by Gasteiger charge is -2.08. The standard InChI is InChI=1S/C16H16ClNO3/c17-13-7-5-12(6-8-13)16(20)18-9-2-10-21-15-4-1-3-14(19)11-15/h1,3-8,11,19H,2,9-10H2,(H,18,20). The molecule has 0 aromatic heterocycles. The van der Waals surface area contributed by atoms with Crippen LogP contribution in [0.2, 0.25) is 5.02 Å². The van der Waals surface area contributed by atoms with Crippen LogP contribution in [0, 0.1) is 0 Å². The number of benzene rings is 2. The Hall–Kier alpha value is -2.20. The summed E-state index contributed by atoms with van der Waals surface area (Å²) in [5, 5.41) is 12.7. The average Bonchev–Trinajstić information content (AvgIpc) is 2.47. The lowest BCUT2D eigenvalue weighted by molar-refractivity contribution is 0.0951. The Morgan fingerprint density at radius 3 is 2.67 bits per heavy atom. The Morgan fingerprint density at radius 1 is 1.19 bits per heavy atom. The van der Waals surface area contributed by atoms with Gasteiger partial charge in [-0.15, -0.1) is 0 Å². The molecule has 0 unspecified atom stereocenters. The van der Waals surface area contributed by atoms with Gasteiger partial charge >= 0.3 is 0 Å². The number of aromatic hydroxyl groups is 1. The van der Waals surface area contributed by atoms with Crippen molar-refractivity contribution < 1.29 is 14.6 Å². The first-order valence-corrected chi connectivity index (χ1v) is 6.98. The summed E-state index contributed by atoms with van der Waals surface area (Å²) in [6.07, 6.45) is 0.676. The average molecular weight is 306 g/mol. The number of halogens is 1. The van der Waals surface area contributed by atoms with Gasteiger partial charge in [-0.1, -0.05) is 17.7 Å². The fourth-order valence-corrected chi connectivity index (χ4v) is 1.87. The molecule has 0 heterocycles. The molecular weight excluding hydrogens is 290 g/mol. The summed E-state index contributed by atoms with van der Waals surface area (Å²) in [6.45, 7) is 0.977. The van der Waals surface area contributed by atoms with Crippen molar-refractivity contribution in [3.8, 4) is 11.5 Å². The third-order valence-corrected chi connectivity index (χ3v) is 3.05. The molecule has 0 saturated heterocycles. The second-order valence-electron chi connectivity index (χ2n) is 4.46. The Labute approximate surface area is 128 Å². The van der Waals surface area contributed by atoms with Crippen molar-refractivity contribution in [1.29, 1.82) is 0 Å². The highest BCUT2D eigenvalue weighted by Crippen LogP contribution is 2.17. The van der Waals surface area contributed by atoms with E-state index in [0.717, 1.165) is 0 Å². The first-order chi connectivity index (χ1) is 10.1. The van der Waals surface area contributed by atoms with Gasteiger partial charge < -0.3 is 15.2 Å². The highest BCUT2D eigenvalue weighted by atomic mass is 35.5.